The summed E-state index contributed by atoms with van der Waals surface area (Å²) in [5.74, 6) is 1.03. The first kappa shape index (κ1) is 17.9. The smallest absolute Gasteiger partial charge is 0.162 e. The molecule has 1 heteroatoms. The van der Waals surface area contributed by atoms with Gasteiger partial charge in [0, 0.05) is 12.0 Å². The average molecular weight is 335 g/mol. The summed E-state index contributed by atoms with van der Waals surface area (Å²) in [5, 5.41) is 0. The molecule has 0 aromatic heterocycles. The van der Waals surface area contributed by atoms with Crippen LogP contribution >= 0.6 is 0 Å². The first-order chi connectivity index (χ1) is 12.1. The monoisotopic (exact) mass is 334 g/mol. The van der Waals surface area contributed by atoms with Gasteiger partial charge in [0.25, 0.3) is 0 Å². The van der Waals surface area contributed by atoms with Crippen molar-refractivity contribution in [3.8, 4) is 11.1 Å². The van der Waals surface area contributed by atoms with Crippen molar-refractivity contribution in [1.82, 2.24) is 0 Å². The zero-order valence-corrected chi connectivity index (χ0v) is 15.9. The van der Waals surface area contributed by atoms with Crippen LogP contribution in [0, 0.1) is 5.92 Å². The van der Waals surface area contributed by atoms with E-state index in [0.29, 0.717) is 12.2 Å². The van der Waals surface area contributed by atoms with E-state index in [4.69, 9.17) is 0 Å². The van der Waals surface area contributed by atoms with Crippen LogP contribution < -0.4 is 0 Å². The van der Waals surface area contributed by atoms with Gasteiger partial charge in [0.05, 0.1) is 0 Å². The number of Topliss-reactive ketones (excluding diaryl/α,β-unsaturated/α-hetero) is 1. The highest BCUT2D eigenvalue weighted by atomic mass is 16.1. The quantitative estimate of drug-likeness (QED) is 0.534. The fraction of sp³-hybridized carbons (Fsp3) is 0.458. The molecule has 0 bridgehead atoms. The molecule has 1 aliphatic carbocycles. The SMILES string of the molecule is CCCCC(=O)c1ccc2c(c1)CCc1cc(CC(C)CC)ccc1-2. The van der Waals surface area contributed by atoms with Gasteiger partial charge >= 0.3 is 0 Å². The van der Waals surface area contributed by atoms with E-state index in [1.54, 1.807) is 0 Å². The van der Waals surface area contributed by atoms with Crippen molar-refractivity contribution in [3.63, 3.8) is 0 Å². The van der Waals surface area contributed by atoms with E-state index < -0.39 is 0 Å². The fourth-order valence-corrected chi connectivity index (χ4v) is 3.78. The molecule has 3 rings (SSSR count). The molecule has 0 N–H and O–H groups in total. The molecule has 1 aliphatic rings. The Morgan fingerprint density at radius 3 is 2.36 bits per heavy atom. The van der Waals surface area contributed by atoms with Crippen molar-refractivity contribution in [2.45, 2.75) is 65.7 Å². The normalized spacial score (nSPS) is 13.9. The Labute approximate surface area is 152 Å². The topological polar surface area (TPSA) is 17.1 Å². The van der Waals surface area contributed by atoms with Crippen molar-refractivity contribution >= 4 is 5.78 Å². The third kappa shape index (κ3) is 4.03. The molecule has 0 spiro atoms. The maximum atomic E-state index is 12.3. The Balaban J connectivity index is 1.85. The molecule has 1 unspecified atom stereocenters. The van der Waals surface area contributed by atoms with Crippen molar-refractivity contribution in [1.29, 1.82) is 0 Å². The van der Waals surface area contributed by atoms with Gasteiger partial charge in [0.1, 0.15) is 0 Å². The molecule has 0 aliphatic heterocycles. The predicted molar refractivity (Wildman–Crippen MR) is 106 cm³/mol. The molecular weight excluding hydrogens is 304 g/mol. The van der Waals surface area contributed by atoms with E-state index in [1.807, 2.05) is 6.07 Å². The summed E-state index contributed by atoms with van der Waals surface area (Å²) in [7, 11) is 0. The number of benzene rings is 2. The number of fused-ring (bicyclic) bond motifs is 3. The lowest BCUT2D eigenvalue weighted by atomic mass is 9.83. The van der Waals surface area contributed by atoms with E-state index in [2.05, 4.69) is 51.1 Å². The zero-order valence-electron chi connectivity index (χ0n) is 15.9. The van der Waals surface area contributed by atoms with Crippen molar-refractivity contribution in [2.75, 3.05) is 0 Å². The number of carbonyl (C=O) groups excluding carboxylic acids is 1. The Hall–Kier alpha value is -1.89. The van der Waals surface area contributed by atoms with E-state index in [-0.39, 0.29) is 0 Å². The van der Waals surface area contributed by atoms with Crippen LogP contribution in [-0.4, -0.2) is 5.78 Å². The minimum absolute atomic E-state index is 0.291. The fourth-order valence-electron chi connectivity index (χ4n) is 3.78. The first-order valence-corrected chi connectivity index (χ1v) is 9.90. The number of hydrogen-bond acceptors (Lipinski definition) is 1. The summed E-state index contributed by atoms with van der Waals surface area (Å²) in [4.78, 5) is 12.3. The molecular formula is C24H30O. The predicted octanol–water partition coefficient (Wildman–Crippen LogP) is 6.41. The number of ketones is 1. The highest BCUT2D eigenvalue weighted by Crippen LogP contribution is 2.35. The first-order valence-electron chi connectivity index (χ1n) is 9.90. The summed E-state index contributed by atoms with van der Waals surface area (Å²) in [6.45, 7) is 6.72. The minimum Gasteiger partial charge on any atom is -0.294 e. The number of aryl methyl sites for hydroxylation is 2. The van der Waals surface area contributed by atoms with Gasteiger partial charge in [-0.05, 0) is 65.5 Å². The van der Waals surface area contributed by atoms with E-state index in [0.717, 1.165) is 37.2 Å². The van der Waals surface area contributed by atoms with Crippen LogP contribution in [-0.2, 0) is 19.3 Å². The Kier molecular flexibility index (Phi) is 5.73. The molecule has 0 fully saturated rings. The highest BCUT2D eigenvalue weighted by molar-refractivity contribution is 5.97. The largest absolute Gasteiger partial charge is 0.294 e. The molecule has 0 saturated carbocycles. The second-order valence-electron chi connectivity index (χ2n) is 7.61. The number of unbranched alkanes of at least 4 members (excludes halogenated alkanes) is 1. The van der Waals surface area contributed by atoms with Crippen LogP contribution in [0.3, 0.4) is 0 Å². The van der Waals surface area contributed by atoms with Crippen LogP contribution in [0.1, 0.15) is 73.5 Å². The maximum absolute atomic E-state index is 12.3. The van der Waals surface area contributed by atoms with Gasteiger partial charge in [-0.1, -0.05) is 63.9 Å². The van der Waals surface area contributed by atoms with Gasteiger partial charge in [0.2, 0.25) is 0 Å². The molecule has 1 atom stereocenters. The average Bonchev–Trinajstić information content (AvgIpc) is 2.65. The summed E-state index contributed by atoms with van der Waals surface area (Å²) in [6.07, 6.45) is 7.26. The molecule has 1 nitrogen and oxygen atoms in total. The third-order valence-electron chi connectivity index (χ3n) is 5.59. The van der Waals surface area contributed by atoms with Gasteiger partial charge in [0.15, 0.2) is 5.78 Å². The molecule has 0 radical (unpaired) electrons. The van der Waals surface area contributed by atoms with Crippen LogP contribution in [0.4, 0.5) is 0 Å². The second kappa shape index (κ2) is 7.99. The van der Waals surface area contributed by atoms with Crippen molar-refractivity contribution in [2.24, 2.45) is 5.92 Å². The lowest BCUT2D eigenvalue weighted by Crippen LogP contribution is -2.08. The Morgan fingerprint density at radius 1 is 1.00 bits per heavy atom. The van der Waals surface area contributed by atoms with E-state index in [9.17, 15) is 4.79 Å². The van der Waals surface area contributed by atoms with Gasteiger partial charge in [-0.25, -0.2) is 0 Å². The molecule has 2 aromatic carbocycles. The third-order valence-corrected chi connectivity index (χ3v) is 5.59. The number of carbonyl (C=O) groups is 1. The summed E-state index contributed by atoms with van der Waals surface area (Å²) >= 11 is 0. The van der Waals surface area contributed by atoms with E-state index >= 15 is 0 Å². The molecule has 132 valence electrons. The number of rotatable bonds is 7. The Morgan fingerprint density at radius 2 is 1.68 bits per heavy atom. The minimum atomic E-state index is 0.291. The molecule has 25 heavy (non-hydrogen) atoms. The van der Waals surface area contributed by atoms with Crippen molar-refractivity contribution in [3.05, 3.63) is 58.7 Å². The van der Waals surface area contributed by atoms with Crippen LogP contribution in [0.25, 0.3) is 11.1 Å². The van der Waals surface area contributed by atoms with Crippen LogP contribution in [0.2, 0.25) is 0 Å². The number of hydrogen-bond donors (Lipinski definition) is 0. The lowest BCUT2D eigenvalue weighted by Gasteiger charge is -2.22. The summed E-state index contributed by atoms with van der Waals surface area (Å²) in [6, 6.07) is 13.3. The van der Waals surface area contributed by atoms with Gasteiger partial charge < -0.3 is 0 Å². The lowest BCUT2D eigenvalue weighted by molar-refractivity contribution is 0.0979. The summed E-state index contributed by atoms with van der Waals surface area (Å²) in [5.41, 5.74) is 7.85. The van der Waals surface area contributed by atoms with Crippen LogP contribution in [0.5, 0.6) is 0 Å². The van der Waals surface area contributed by atoms with Crippen LogP contribution in [0.15, 0.2) is 36.4 Å². The molecule has 0 saturated heterocycles. The highest BCUT2D eigenvalue weighted by Gasteiger charge is 2.18. The van der Waals surface area contributed by atoms with Crippen molar-refractivity contribution < 1.29 is 4.79 Å². The molecule has 0 amide bonds. The molecule has 0 heterocycles. The van der Waals surface area contributed by atoms with Gasteiger partial charge in [-0.15, -0.1) is 0 Å². The standard InChI is InChI=1S/C24H30O/c1-4-6-7-24(25)21-11-13-23-20(16-21)10-9-19-15-18(8-12-22(19)23)14-17(3)5-2/h8,11-13,15-17H,4-7,9-10,14H2,1-3H3. The van der Waals surface area contributed by atoms with Gasteiger partial charge in [-0.3, -0.25) is 4.79 Å². The maximum Gasteiger partial charge on any atom is 0.162 e. The zero-order chi connectivity index (χ0) is 17.8. The van der Waals surface area contributed by atoms with Gasteiger partial charge in [-0.2, -0.15) is 0 Å². The molecule has 2 aromatic rings. The second-order valence-corrected chi connectivity index (χ2v) is 7.61. The summed E-state index contributed by atoms with van der Waals surface area (Å²) < 4.78 is 0. The van der Waals surface area contributed by atoms with E-state index in [1.165, 1.54) is 40.7 Å². The Bertz CT molecular complexity index is 757.